The highest BCUT2D eigenvalue weighted by molar-refractivity contribution is 7.99. The molecule has 0 saturated heterocycles. The van der Waals surface area contributed by atoms with Crippen LogP contribution in [0.25, 0.3) is 5.65 Å². The van der Waals surface area contributed by atoms with Crippen LogP contribution in [0, 0.1) is 5.82 Å². The Morgan fingerprint density at radius 1 is 1.44 bits per heavy atom. The first-order valence-corrected chi connectivity index (χ1v) is 7.36. The molecule has 1 aliphatic rings. The smallest absolute Gasteiger partial charge is 0.243 e. The summed E-state index contributed by atoms with van der Waals surface area (Å²) in [6.45, 7) is 0. The number of pyridine rings is 1. The summed E-state index contributed by atoms with van der Waals surface area (Å²) in [6, 6.07) is 3.45. The van der Waals surface area contributed by atoms with E-state index in [1.807, 2.05) is 11.8 Å². The van der Waals surface area contributed by atoms with Crippen molar-refractivity contribution in [1.82, 2.24) is 14.6 Å². The van der Waals surface area contributed by atoms with Crippen LogP contribution in [-0.4, -0.2) is 32.1 Å². The van der Waals surface area contributed by atoms with Crippen LogP contribution in [0.2, 0.25) is 0 Å². The summed E-state index contributed by atoms with van der Waals surface area (Å²) in [6.07, 6.45) is 7.10. The van der Waals surface area contributed by atoms with Crippen molar-refractivity contribution in [3.63, 3.8) is 0 Å². The molecule has 2 heterocycles. The second kappa shape index (κ2) is 4.76. The van der Waals surface area contributed by atoms with Gasteiger partial charge in [-0.1, -0.05) is 6.42 Å². The van der Waals surface area contributed by atoms with Crippen molar-refractivity contribution in [3.8, 4) is 0 Å². The molecule has 0 amide bonds. The van der Waals surface area contributed by atoms with E-state index in [2.05, 4.69) is 21.7 Å². The Morgan fingerprint density at radius 2 is 2.33 bits per heavy atom. The summed E-state index contributed by atoms with van der Waals surface area (Å²) >= 11 is 1.88. The molecule has 96 valence electrons. The van der Waals surface area contributed by atoms with Gasteiger partial charge in [-0.15, -0.1) is 5.10 Å². The number of thioether (sulfide) groups is 1. The Morgan fingerprint density at radius 3 is 3.17 bits per heavy atom. The molecule has 2 aromatic rings. The molecule has 18 heavy (non-hydrogen) atoms. The van der Waals surface area contributed by atoms with Crippen molar-refractivity contribution in [3.05, 3.63) is 24.1 Å². The zero-order valence-corrected chi connectivity index (χ0v) is 11.0. The highest BCUT2D eigenvalue weighted by Crippen LogP contribution is 2.30. The first-order valence-electron chi connectivity index (χ1n) is 6.07. The van der Waals surface area contributed by atoms with Gasteiger partial charge < -0.3 is 5.32 Å². The fourth-order valence-corrected chi connectivity index (χ4v) is 3.39. The Kier molecular flexibility index (Phi) is 3.11. The van der Waals surface area contributed by atoms with Gasteiger partial charge in [-0.2, -0.15) is 16.7 Å². The molecule has 6 heteroatoms. The first kappa shape index (κ1) is 11.8. The van der Waals surface area contributed by atoms with Gasteiger partial charge in [0.15, 0.2) is 5.65 Å². The second-order valence-electron chi connectivity index (χ2n) is 4.54. The van der Waals surface area contributed by atoms with Crippen LogP contribution in [0.4, 0.5) is 10.3 Å². The minimum absolute atomic E-state index is 0.304. The lowest BCUT2D eigenvalue weighted by Gasteiger charge is -2.17. The third kappa shape index (κ3) is 2.16. The Balaban J connectivity index is 1.82. The highest BCUT2D eigenvalue weighted by Gasteiger charge is 2.27. The van der Waals surface area contributed by atoms with Gasteiger partial charge in [-0.05, 0) is 31.2 Å². The van der Waals surface area contributed by atoms with Gasteiger partial charge in [0.05, 0.1) is 6.20 Å². The van der Waals surface area contributed by atoms with Crippen LogP contribution in [-0.2, 0) is 0 Å². The standard InChI is InChI=1S/C12H15FN4S/c1-18-10-4-2-3-9(10)14-12-15-11-6-5-8(13)7-17(11)16-12/h5-7,9-10H,2-4H2,1H3,(H,14,16). The largest absolute Gasteiger partial charge is 0.349 e. The minimum Gasteiger partial charge on any atom is -0.349 e. The van der Waals surface area contributed by atoms with E-state index in [1.54, 1.807) is 6.07 Å². The van der Waals surface area contributed by atoms with Crippen LogP contribution >= 0.6 is 11.8 Å². The highest BCUT2D eigenvalue weighted by atomic mass is 32.2. The number of hydrogen-bond donors (Lipinski definition) is 1. The zero-order chi connectivity index (χ0) is 12.5. The molecule has 0 aromatic carbocycles. The van der Waals surface area contributed by atoms with Crippen LogP contribution in [0.15, 0.2) is 18.3 Å². The molecular weight excluding hydrogens is 251 g/mol. The van der Waals surface area contributed by atoms with Crippen molar-refractivity contribution < 1.29 is 4.39 Å². The molecule has 1 saturated carbocycles. The van der Waals surface area contributed by atoms with Gasteiger partial charge in [0.2, 0.25) is 5.95 Å². The van der Waals surface area contributed by atoms with E-state index in [-0.39, 0.29) is 5.82 Å². The number of fused-ring (bicyclic) bond motifs is 1. The number of hydrogen-bond acceptors (Lipinski definition) is 4. The maximum atomic E-state index is 13.1. The zero-order valence-electron chi connectivity index (χ0n) is 10.1. The lowest BCUT2D eigenvalue weighted by atomic mass is 10.2. The minimum atomic E-state index is -0.304. The Hall–Kier alpha value is -1.30. The quantitative estimate of drug-likeness (QED) is 0.927. The van der Waals surface area contributed by atoms with Crippen molar-refractivity contribution in [2.75, 3.05) is 11.6 Å². The second-order valence-corrected chi connectivity index (χ2v) is 5.62. The molecule has 2 atom stereocenters. The number of nitrogens with one attached hydrogen (secondary N) is 1. The summed E-state index contributed by atoms with van der Waals surface area (Å²) in [5.41, 5.74) is 0.664. The lowest BCUT2D eigenvalue weighted by Crippen LogP contribution is -2.26. The molecule has 1 N–H and O–H groups in total. The third-order valence-corrected chi connectivity index (χ3v) is 4.53. The summed E-state index contributed by atoms with van der Waals surface area (Å²) in [5, 5.41) is 8.23. The van der Waals surface area contributed by atoms with E-state index in [1.165, 1.54) is 29.6 Å². The predicted molar refractivity (Wildman–Crippen MR) is 71.5 cm³/mol. The number of anilines is 1. The number of halogens is 1. The van der Waals surface area contributed by atoms with E-state index in [9.17, 15) is 4.39 Å². The van der Waals surface area contributed by atoms with Gasteiger partial charge in [-0.25, -0.2) is 8.91 Å². The van der Waals surface area contributed by atoms with E-state index < -0.39 is 0 Å². The van der Waals surface area contributed by atoms with E-state index in [4.69, 9.17) is 0 Å². The molecule has 0 spiro atoms. The van der Waals surface area contributed by atoms with Crippen molar-refractivity contribution in [1.29, 1.82) is 0 Å². The van der Waals surface area contributed by atoms with Crippen molar-refractivity contribution >= 4 is 23.4 Å². The number of nitrogens with zero attached hydrogens (tertiary/aromatic N) is 3. The molecule has 4 nitrogen and oxygen atoms in total. The maximum Gasteiger partial charge on any atom is 0.243 e. The van der Waals surface area contributed by atoms with E-state index in [0.29, 0.717) is 22.9 Å². The fraction of sp³-hybridized carbons (Fsp3) is 0.500. The lowest BCUT2D eigenvalue weighted by molar-refractivity contribution is 0.614. The van der Waals surface area contributed by atoms with Crippen molar-refractivity contribution in [2.45, 2.75) is 30.6 Å². The monoisotopic (exact) mass is 266 g/mol. The van der Waals surface area contributed by atoms with Gasteiger partial charge >= 0.3 is 0 Å². The molecule has 2 aromatic heterocycles. The molecule has 0 radical (unpaired) electrons. The molecular formula is C12H15FN4S. The Bertz CT molecular complexity index is 556. The van der Waals surface area contributed by atoms with Crippen molar-refractivity contribution in [2.24, 2.45) is 0 Å². The molecule has 3 rings (SSSR count). The molecule has 1 fully saturated rings. The van der Waals surface area contributed by atoms with Crippen LogP contribution < -0.4 is 5.32 Å². The average molecular weight is 266 g/mol. The summed E-state index contributed by atoms with van der Waals surface area (Å²) in [5.74, 6) is 0.286. The first-order chi connectivity index (χ1) is 8.76. The number of aromatic nitrogens is 3. The molecule has 1 aliphatic carbocycles. The number of rotatable bonds is 3. The van der Waals surface area contributed by atoms with Gasteiger partial charge in [0.1, 0.15) is 5.82 Å². The molecule has 0 bridgehead atoms. The Labute approximate surface area is 109 Å². The van der Waals surface area contributed by atoms with Crippen LogP contribution in [0.5, 0.6) is 0 Å². The van der Waals surface area contributed by atoms with E-state index >= 15 is 0 Å². The van der Waals surface area contributed by atoms with Gasteiger partial charge in [0, 0.05) is 11.3 Å². The molecule has 2 unspecified atom stereocenters. The van der Waals surface area contributed by atoms with Gasteiger partial charge in [-0.3, -0.25) is 0 Å². The normalized spacial score (nSPS) is 23.7. The summed E-state index contributed by atoms with van der Waals surface area (Å²) < 4.78 is 14.5. The van der Waals surface area contributed by atoms with Crippen LogP contribution in [0.1, 0.15) is 19.3 Å². The molecule has 0 aliphatic heterocycles. The third-order valence-electron chi connectivity index (χ3n) is 3.36. The summed E-state index contributed by atoms with van der Waals surface area (Å²) in [7, 11) is 0. The maximum absolute atomic E-state index is 13.1. The predicted octanol–water partition coefficient (Wildman–Crippen LogP) is 2.56. The average Bonchev–Trinajstić information content (AvgIpc) is 2.94. The van der Waals surface area contributed by atoms with E-state index in [0.717, 1.165) is 6.42 Å². The topological polar surface area (TPSA) is 42.2 Å². The van der Waals surface area contributed by atoms with Crippen LogP contribution in [0.3, 0.4) is 0 Å². The fourth-order valence-electron chi connectivity index (χ4n) is 2.46. The van der Waals surface area contributed by atoms with Gasteiger partial charge in [0.25, 0.3) is 0 Å². The summed E-state index contributed by atoms with van der Waals surface area (Å²) in [4.78, 5) is 4.35. The SMILES string of the molecule is CSC1CCCC1Nc1nc2ccc(F)cn2n1.